The van der Waals surface area contributed by atoms with E-state index in [1.807, 2.05) is 0 Å². The number of halogens is 1. The average Bonchev–Trinajstić information content (AvgIpc) is 2.97. The molecule has 3 rings (SSSR count). The Morgan fingerprint density at radius 2 is 2.05 bits per heavy atom. The van der Waals surface area contributed by atoms with Crippen molar-refractivity contribution in [1.82, 2.24) is 10.2 Å². The maximum atomic E-state index is 12.8. The lowest BCUT2D eigenvalue weighted by Crippen LogP contribution is -2.42. The van der Waals surface area contributed by atoms with E-state index < -0.39 is 0 Å². The topological polar surface area (TPSA) is 32.3 Å². The van der Waals surface area contributed by atoms with E-state index in [-0.39, 0.29) is 18.3 Å². The third kappa shape index (κ3) is 3.41. The zero-order valence-electron chi connectivity index (χ0n) is 12.7. The number of nitrogens with zero attached hydrogens (tertiary/aromatic N) is 1. The molecule has 21 heavy (non-hydrogen) atoms. The number of hydrogen-bond donors (Lipinski definition) is 1. The van der Waals surface area contributed by atoms with Gasteiger partial charge in [-0.25, -0.2) is 0 Å². The number of benzene rings is 1. The highest BCUT2D eigenvalue weighted by Gasteiger charge is 2.34. The van der Waals surface area contributed by atoms with Crippen molar-refractivity contribution in [2.75, 3.05) is 19.6 Å². The van der Waals surface area contributed by atoms with Crippen molar-refractivity contribution < 1.29 is 4.79 Å². The van der Waals surface area contributed by atoms with Gasteiger partial charge in [-0.3, -0.25) is 4.79 Å². The Hall–Kier alpha value is -1.06. The van der Waals surface area contributed by atoms with Crippen LogP contribution in [0.15, 0.2) is 24.3 Å². The molecule has 2 unspecified atom stereocenters. The molecule has 2 aliphatic rings. The number of piperidine rings is 1. The monoisotopic (exact) mass is 308 g/mol. The van der Waals surface area contributed by atoms with Gasteiger partial charge in [-0.1, -0.05) is 24.3 Å². The molecule has 3 nitrogen and oxygen atoms in total. The summed E-state index contributed by atoms with van der Waals surface area (Å²) in [5.41, 5.74) is 2.64. The minimum Gasteiger partial charge on any atom is -0.335 e. The number of carbonyl (C=O) groups excluding carboxylic acids is 1. The van der Waals surface area contributed by atoms with Crippen LogP contribution in [-0.2, 0) is 4.79 Å². The van der Waals surface area contributed by atoms with Gasteiger partial charge in [0.25, 0.3) is 0 Å². The molecule has 1 aromatic rings. The number of rotatable bonds is 2. The van der Waals surface area contributed by atoms with Crippen molar-refractivity contribution in [3.63, 3.8) is 0 Å². The highest BCUT2D eigenvalue weighted by atomic mass is 35.5. The zero-order valence-corrected chi connectivity index (χ0v) is 13.5. The normalized spacial score (nSPS) is 25.5. The molecule has 2 fully saturated rings. The van der Waals surface area contributed by atoms with Gasteiger partial charge in [-0.15, -0.1) is 12.4 Å². The van der Waals surface area contributed by atoms with Gasteiger partial charge in [0, 0.05) is 13.1 Å². The minimum atomic E-state index is 0. The molecule has 0 bridgehead atoms. The molecule has 0 radical (unpaired) electrons. The number of hydrogen-bond acceptors (Lipinski definition) is 2. The van der Waals surface area contributed by atoms with Gasteiger partial charge in [-0.05, 0) is 50.3 Å². The van der Waals surface area contributed by atoms with Gasteiger partial charge < -0.3 is 10.2 Å². The van der Waals surface area contributed by atoms with Crippen LogP contribution in [0.25, 0.3) is 0 Å². The van der Waals surface area contributed by atoms with Crippen LogP contribution in [0.5, 0.6) is 0 Å². The Morgan fingerprint density at radius 1 is 1.24 bits per heavy atom. The Balaban J connectivity index is 0.00000161. The lowest BCUT2D eigenvalue weighted by molar-refractivity contribution is -0.137. The standard InChI is InChI=1S/C17H24N2O.ClH/c1-13-6-2-3-8-15(13)16-9-5-11-19(16)17(20)14-7-4-10-18-12-14;/h2-3,6,8,14,16,18H,4-5,7,9-12H2,1H3;1H. The summed E-state index contributed by atoms with van der Waals surface area (Å²) in [6.07, 6.45) is 4.41. The van der Waals surface area contributed by atoms with Gasteiger partial charge in [-0.2, -0.15) is 0 Å². The molecular weight excluding hydrogens is 284 g/mol. The highest BCUT2D eigenvalue weighted by molar-refractivity contribution is 5.85. The minimum absolute atomic E-state index is 0. The molecule has 116 valence electrons. The van der Waals surface area contributed by atoms with E-state index in [1.165, 1.54) is 11.1 Å². The Labute approximate surface area is 133 Å². The summed E-state index contributed by atoms with van der Waals surface area (Å²) in [6.45, 7) is 4.99. The van der Waals surface area contributed by atoms with Crippen molar-refractivity contribution >= 4 is 18.3 Å². The molecule has 2 saturated heterocycles. The first-order valence-corrected chi connectivity index (χ1v) is 7.84. The Kier molecular flexibility index (Phi) is 5.65. The number of aryl methyl sites for hydroxylation is 1. The van der Waals surface area contributed by atoms with Crippen LogP contribution in [0.1, 0.15) is 42.9 Å². The van der Waals surface area contributed by atoms with E-state index >= 15 is 0 Å². The van der Waals surface area contributed by atoms with Crippen molar-refractivity contribution in [2.45, 2.75) is 38.6 Å². The first-order chi connectivity index (χ1) is 9.77. The van der Waals surface area contributed by atoms with Crippen LogP contribution in [0.4, 0.5) is 0 Å². The van der Waals surface area contributed by atoms with Crippen LogP contribution in [0.2, 0.25) is 0 Å². The van der Waals surface area contributed by atoms with Gasteiger partial charge in [0.1, 0.15) is 0 Å². The summed E-state index contributed by atoms with van der Waals surface area (Å²) in [5, 5.41) is 3.36. The summed E-state index contributed by atoms with van der Waals surface area (Å²) in [6, 6.07) is 8.80. The highest BCUT2D eigenvalue weighted by Crippen LogP contribution is 2.35. The summed E-state index contributed by atoms with van der Waals surface area (Å²) < 4.78 is 0. The smallest absolute Gasteiger partial charge is 0.227 e. The summed E-state index contributed by atoms with van der Waals surface area (Å²) >= 11 is 0. The molecule has 4 heteroatoms. The Morgan fingerprint density at radius 3 is 2.76 bits per heavy atom. The number of nitrogens with one attached hydrogen (secondary N) is 1. The van der Waals surface area contributed by atoms with Crippen LogP contribution in [0, 0.1) is 12.8 Å². The second-order valence-electron chi connectivity index (χ2n) is 6.09. The maximum Gasteiger partial charge on any atom is 0.227 e. The predicted molar refractivity (Wildman–Crippen MR) is 87.7 cm³/mol. The summed E-state index contributed by atoms with van der Waals surface area (Å²) in [4.78, 5) is 14.9. The van der Waals surface area contributed by atoms with E-state index in [4.69, 9.17) is 0 Å². The maximum absolute atomic E-state index is 12.8. The van der Waals surface area contributed by atoms with Crippen LogP contribution in [-0.4, -0.2) is 30.4 Å². The van der Waals surface area contributed by atoms with Crippen LogP contribution >= 0.6 is 12.4 Å². The van der Waals surface area contributed by atoms with Crippen molar-refractivity contribution in [3.05, 3.63) is 35.4 Å². The van der Waals surface area contributed by atoms with E-state index in [0.717, 1.165) is 45.3 Å². The first kappa shape index (κ1) is 16.3. The number of amides is 1. The van der Waals surface area contributed by atoms with Crippen molar-refractivity contribution in [3.8, 4) is 0 Å². The van der Waals surface area contributed by atoms with Gasteiger partial charge in [0.05, 0.1) is 12.0 Å². The molecule has 2 heterocycles. The molecule has 2 aliphatic heterocycles. The fraction of sp³-hybridized carbons (Fsp3) is 0.588. The fourth-order valence-electron chi connectivity index (χ4n) is 3.61. The summed E-state index contributed by atoms with van der Waals surface area (Å²) in [7, 11) is 0. The fourth-order valence-corrected chi connectivity index (χ4v) is 3.61. The first-order valence-electron chi connectivity index (χ1n) is 7.84. The molecular formula is C17H25ClN2O. The SMILES string of the molecule is Cc1ccccc1C1CCCN1C(=O)C1CCCNC1.Cl. The number of likely N-dealkylation sites (tertiary alicyclic amines) is 1. The van der Waals surface area contributed by atoms with Crippen LogP contribution < -0.4 is 5.32 Å². The number of carbonyl (C=O) groups is 1. The van der Waals surface area contributed by atoms with E-state index in [2.05, 4.69) is 41.4 Å². The van der Waals surface area contributed by atoms with E-state index in [1.54, 1.807) is 0 Å². The molecule has 1 amide bonds. The van der Waals surface area contributed by atoms with E-state index in [9.17, 15) is 4.79 Å². The molecule has 1 aromatic carbocycles. The predicted octanol–water partition coefficient (Wildman–Crippen LogP) is 3.08. The molecule has 2 atom stereocenters. The molecule has 0 spiro atoms. The third-order valence-electron chi connectivity index (χ3n) is 4.73. The average molecular weight is 309 g/mol. The zero-order chi connectivity index (χ0) is 13.9. The molecule has 0 aromatic heterocycles. The van der Waals surface area contributed by atoms with Crippen LogP contribution in [0.3, 0.4) is 0 Å². The molecule has 1 N–H and O–H groups in total. The second-order valence-corrected chi connectivity index (χ2v) is 6.09. The Bertz CT molecular complexity index is 485. The van der Waals surface area contributed by atoms with Gasteiger partial charge in [0.15, 0.2) is 0 Å². The van der Waals surface area contributed by atoms with E-state index in [0.29, 0.717) is 11.9 Å². The quantitative estimate of drug-likeness (QED) is 0.910. The molecule has 0 aliphatic carbocycles. The second kappa shape index (κ2) is 7.28. The summed E-state index contributed by atoms with van der Waals surface area (Å²) in [5.74, 6) is 0.552. The molecule has 0 saturated carbocycles. The lowest BCUT2D eigenvalue weighted by atomic mass is 9.95. The van der Waals surface area contributed by atoms with Gasteiger partial charge >= 0.3 is 0 Å². The van der Waals surface area contributed by atoms with Crippen molar-refractivity contribution in [1.29, 1.82) is 0 Å². The third-order valence-corrected chi connectivity index (χ3v) is 4.73. The lowest BCUT2D eigenvalue weighted by Gasteiger charge is -2.31. The van der Waals surface area contributed by atoms with Crippen molar-refractivity contribution in [2.24, 2.45) is 5.92 Å². The van der Waals surface area contributed by atoms with Gasteiger partial charge in [0.2, 0.25) is 5.91 Å². The largest absolute Gasteiger partial charge is 0.335 e.